The lowest BCUT2D eigenvalue weighted by Gasteiger charge is -2.27. The lowest BCUT2D eigenvalue weighted by atomic mass is 10.0. The Labute approximate surface area is 269 Å². The van der Waals surface area contributed by atoms with E-state index in [1.54, 1.807) is 13.8 Å². The first-order valence-corrected chi connectivity index (χ1v) is 14.4. The first-order valence-electron chi connectivity index (χ1n) is 14.4. The molecule has 266 valence electrons. The molecule has 6 atom stereocenters. The lowest BCUT2D eigenvalue weighted by molar-refractivity contribution is -0.143. The van der Waals surface area contributed by atoms with Crippen LogP contribution in [0.1, 0.15) is 46.5 Å². The molecule has 0 aliphatic carbocycles. The molecule has 0 aliphatic rings. The maximum atomic E-state index is 13.3. The van der Waals surface area contributed by atoms with E-state index in [9.17, 15) is 53.4 Å². The van der Waals surface area contributed by atoms with Crippen molar-refractivity contribution in [2.45, 2.75) is 82.7 Å². The Morgan fingerprint density at radius 3 is 1.55 bits per heavy atom. The van der Waals surface area contributed by atoms with E-state index in [1.807, 2.05) is 5.32 Å². The molecule has 0 aliphatic heterocycles. The molecule has 0 bridgehead atoms. The summed E-state index contributed by atoms with van der Waals surface area (Å²) in [4.78, 5) is 110. The van der Waals surface area contributed by atoms with Gasteiger partial charge >= 0.3 is 5.97 Å². The number of aliphatic carboxylic acids is 1. The smallest absolute Gasteiger partial charge is 0.328 e. The molecular formula is C26H45N9O12. The number of carbonyl (C=O) groups is 9. The molecule has 0 radical (unpaired) electrons. The number of hydrogen-bond acceptors (Lipinski definition) is 12. The normalized spacial score (nSPS) is 14.6. The number of rotatable bonds is 22. The van der Waals surface area contributed by atoms with Crippen molar-refractivity contribution in [3.63, 3.8) is 0 Å². The first kappa shape index (κ1) is 42.1. The Kier molecular flexibility index (Phi) is 18.8. The fraction of sp³-hybridized carbons (Fsp3) is 0.654. The van der Waals surface area contributed by atoms with Gasteiger partial charge in [0, 0.05) is 6.42 Å². The van der Waals surface area contributed by atoms with Gasteiger partial charge in [-0.25, -0.2) is 4.79 Å². The SMILES string of the molecule is CC(C)C[C@H](NC(=O)[C@H](CC(N)=O)NC(=O)[C@H](CO)NC(=O)CNC(=O)[C@H](C)N)C(=O)N[C@@H](CCC(N)=O)C(=O)N[C@@H](CO)C(=O)O. The average molecular weight is 676 g/mol. The number of amides is 8. The predicted octanol–water partition coefficient (Wildman–Crippen LogP) is -6.87. The minimum atomic E-state index is -1.74. The Morgan fingerprint density at radius 1 is 0.617 bits per heavy atom. The average Bonchev–Trinajstić information content (AvgIpc) is 2.97. The molecule has 15 N–H and O–H groups in total. The summed E-state index contributed by atoms with van der Waals surface area (Å²) in [5.41, 5.74) is 15.8. The van der Waals surface area contributed by atoms with Crippen LogP contribution in [0.5, 0.6) is 0 Å². The number of primary amides is 2. The minimum Gasteiger partial charge on any atom is -0.480 e. The largest absolute Gasteiger partial charge is 0.480 e. The highest BCUT2D eigenvalue weighted by atomic mass is 16.4. The van der Waals surface area contributed by atoms with Gasteiger partial charge in [-0.2, -0.15) is 0 Å². The van der Waals surface area contributed by atoms with Gasteiger partial charge in [0.1, 0.15) is 30.2 Å². The standard InChI is InChI=1S/C26H45N9O12/c1-11(2)6-14(23(43)32-13(4-5-18(28)38)22(42)35-17(10-37)26(46)47)33-24(44)15(7-19(29)39)34-25(45)16(9-36)31-20(40)8-30-21(41)12(3)27/h11-17,36-37H,4-10,27H2,1-3H3,(H2,28,38)(H2,29,39)(H,30,41)(H,31,40)(H,32,43)(H,33,44)(H,34,45)(H,35,42)(H,46,47)/t12-,13-,14-,15-,16-,17-/m0/s1. The van der Waals surface area contributed by atoms with Crippen LogP contribution in [-0.2, 0) is 43.2 Å². The number of carbonyl (C=O) groups excluding carboxylic acids is 8. The van der Waals surface area contributed by atoms with E-state index >= 15 is 0 Å². The zero-order chi connectivity index (χ0) is 36.4. The number of carboxylic acid groups (broad SMARTS) is 1. The minimum absolute atomic E-state index is 0.0597. The molecule has 21 nitrogen and oxygen atoms in total. The van der Waals surface area contributed by atoms with Crippen molar-refractivity contribution < 1.29 is 58.5 Å². The van der Waals surface area contributed by atoms with Gasteiger partial charge in [0.05, 0.1) is 32.2 Å². The molecule has 0 aromatic rings. The lowest BCUT2D eigenvalue weighted by Crippen LogP contribution is -2.60. The summed E-state index contributed by atoms with van der Waals surface area (Å²) in [6.45, 7) is 2.17. The van der Waals surface area contributed by atoms with Gasteiger partial charge < -0.3 is 64.4 Å². The summed E-state index contributed by atoms with van der Waals surface area (Å²) in [6, 6.07) is -8.99. The van der Waals surface area contributed by atoms with Crippen LogP contribution in [0.3, 0.4) is 0 Å². The van der Waals surface area contributed by atoms with Crippen LogP contribution >= 0.6 is 0 Å². The van der Waals surface area contributed by atoms with Crippen LogP contribution in [0.2, 0.25) is 0 Å². The summed E-state index contributed by atoms with van der Waals surface area (Å²) < 4.78 is 0. The third-order valence-electron chi connectivity index (χ3n) is 6.16. The molecule has 0 unspecified atom stereocenters. The summed E-state index contributed by atoms with van der Waals surface area (Å²) >= 11 is 0. The van der Waals surface area contributed by atoms with Crippen LogP contribution in [0.15, 0.2) is 0 Å². The van der Waals surface area contributed by atoms with Crippen LogP contribution in [-0.4, -0.2) is 125 Å². The van der Waals surface area contributed by atoms with Gasteiger partial charge in [0.15, 0.2) is 0 Å². The van der Waals surface area contributed by atoms with Crippen molar-refractivity contribution in [2.75, 3.05) is 19.8 Å². The van der Waals surface area contributed by atoms with Crippen molar-refractivity contribution >= 4 is 53.2 Å². The number of carboxylic acids is 1. The van der Waals surface area contributed by atoms with Crippen LogP contribution < -0.4 is 49.1 Å². The molecule has 21 heteroatoms. The van der Waals surface area contributed by atoms with Gasteiger partial charge in [-0.3, -0.25) is 38.4 Å². The number of nitrogens with two attached hydrogens (primary N) is 3. The summed E-state index contributed by atoms with van der Waals surface area (Å²) in [6.07, 6.45) is -1.64. The Hall–Kier alpha value is -4.89. The predicted molar refractivity (Wildman–Crippen MR) is 160 cm³/mol. The maximum absolute atomic E-state index is 13.3. The first-order chi connectivity index (χ1) is 21.8. The van der Waals surface area contributed by atoms with E-state index in [0.717, 1.165) is 0 Å². The van der Waals surface area contributed by atoms with Crippen LogP contribution in [0.4, 0.5) is 0 Å². The van der Waals surface area contributed by atoms with E-state index in [1.165, 1.54) is 6.92 Å². The van der Waals surface area contributed by atoms with Gasteiger partial charge in [0.25, 0.3) is 0 Å². The number of nitrogens with one attached hydrogen (secondary N) is 6. The van der Waals surface area contributed by atoms with E-state index in [0.29, 0.717) is 0 Å². The highest BCUT2D eigenvalue weighted by molar-refractivity contribution is 5.98. The van der Waals surface area contributed by atoms with E-state index in [2.05, 4.69) is 26.6 Å². The topological polar surface area (TPSA) is 365 Å². The molecule has 0 saturated carbocycles. The number of hydrogen-bond donors (Lipinski definition) is 12. The van der Waals surface area contributed by atoms with Crippen molar-refractivity contribution in [1.29, 1.82) is 0 Å². The molecule has 0 aromatic heterocycles. The van der Waals surface area contributed by atoms with Crippen LogP contribution in [0, 0.1) is 5.92 Å². The molecule has 0 rings (SSSR count). The Morgan fingerprint density at radius 2 is 1.09 bits per heavy atom. The maximum Gasteiger partial charge on any atom is 0.328 e. The van der Waals surface area contributed by atoms with Gasteiger partial charge in [-0.05, 0) is 25.7 Å². The quantitative estimate of drug-likeness (QED) is 0.0508. The van der Waals surface area contributed by atoms with E-state index < -0.39 is 122 Å². The molecule has 0 saturated heterocycles. The fourth-order valence-corrected chi connectivity index (χ4v) is 3.71. The van der Waals surface area contributed by atoms with E-state index in [-0.39, 0.29) is 18.8 Å². The molecule has 0 aromatic carbocycles. The third kappa shape index (κ3) is 16.8. The monoisotopic (exact) mass is 675 g/mol. The second-order valence-electron chi connectivity index (χ2n) is 10.9. The summed E-state index contributed by atoms with van der Waals surface area (Å²) in [5.74, 6) is -9.62. The second-order valence-corrected chi connectivity index (χ2v) is 10.9. The molecule has 0 spiro atoms. The van der Waals surface area contributed by atoms with Gasteiger partial charge in [-0.15, -0.1) is 0 Å². The van der Waals surface area contributed by atoms with Crippen molar-refractivity contribution in [2.24, 2.45) is 23.1 Å². The van der Waals surface area contributed by atoms with Gasteiger partial charge in [-0.1, -0.05) is 13.8 Å². The fourth-order valence-electron chi connectivity index (χ4n) is 3.71. The zero-order valence-electron chi connectivity index (χ0n) is 26.2. The highest BCUT2D eigenvalue weighted by Gasteiger charge is 2.33. The number of aliphatic hydroxyl groups is 2. The summed E-state index contributed by atoms with van der Waals surface area (Å²) in [7, 11) is 0. The second kappa shape index (κ2) is 21.0. The zero-order valence-corrected chi connectivity index (χ0v) is 26.2. The van der Waals surface area contributed by atoms with Crippen molar-refractivity contribution in [3.8, 4) is 0 Å². The molecular weight excluding hydrogens is 630 g/mol. The van der Waals surface area contributed by atoms with Crippen molar-refractivity contribution in [1.82, 2.24) is 31.9 Å². The van der Waals surface area contributed by atoms with E-state index in [4.69, 9.17) is 22.3 Å². The number of aliphatic hydroxyl groups excluding tert-OH is 2. The molecule has 0 heterocycles. The Bertz CT molecular complexity index is 1160. The van der Waals surface area contributed by atoms with Gasteiger partial charge in [0.2, 0.25) is 47.3 Å². The Balaban J connectivity index is 5.91. The molecule has 47 heavy (non-hydrogen) atoms. The van der Waals surface area contributed by atoms with Crippen LogP contribution in [0.25, 0.3) is 0 Å². The summed E-state index contributed by atoms with van der Waals surface area (Å²) in [5, 5.41) is 41.1. The highest BCUT2D eigenvalue weighted by Crippen LogP contribution is 2.08. The molecule has 0 fully saturated rings. The van der Waals surface area contributed by atoms with Crippen molar-refractivity contribution in [3.05, 3.63) is 0 Å². The molecule has 8 amide bonds. The third-order valence-corrected chi connectivity index (χ3v) is 6.16.